The number of aliphatic hydroxyl groups excluding tert-OH is 1. The summed E-state index contributed by atoms with van der Waals surface area (Å²) in [6, 6.07) is -0.514. The maximum absolute atomic E-state index is 10.8. The van der Waals surface area contributed by atoms with Gasteiger partial charge in [-0.15, -0.1) is 0 Å². The van der Waals surface area contributed by atoms with Crippen molar-refractivity contribution in [1.82, 2.24) is 0 Å². The molecule has 0 aromatic heterocycles. The van der Waals surface area contributed by atoms with Crippen molar-refractivity contribution in [3.8, 4) is 0 Å². The Morgan fingerprint density at radius 1 is 1.60 bits per heavy atom. The first-order valence-corrected chi connectivity index (χ1v) is 4.90. The predicted octanol–water partition coefficient (Wildman–Crippen LogP) is -1.26. The van der Waals surface area contributed by atoms with E-state index in [-0.39, 0.29) is 0 Å². The summed E-state index contributed by atoms with van der Waals surface area (Å²) in [5.41, 5.74) is 5.29. The number of hydrogen-bond acceptors (Lipinski definition) is 4. The molecule has 0 saturated carbocycles. The standard InChI is InChI=1S/C5H13NO3S/c1-4(6)5(3-7)10(2,8)9/h4-5,7H,3,6H2,1-2H3. The van der Waals surface area contributed by atoms with E-state index in [1.807, 2.05) is 0 Å². The van der Waals surface area contributed by atoms with Crippen LogP contribution in [0.3, 0.4) is 0 Å². The monoisotopic (exact) mass is 167 g/mol. The van der Waals surface area contributed by atoms with E-state index in [9.17, 15) is 8.42 Å². The molecule has 0 spiro atoms. The Morgan fingerprint density at radius 2 is 2.00 bits per heavy atom. The van der Waals surface area contributed by atoms with Gasteiger partial charge in [0, 0.05) is 12.3 Å². The van der Waals surface area contributed by atoms with Gasteiger partial charge in [0.1, 0.15) is 0 Å². The van der Waals surface area contributed by atoms with E-state index >= 15 is 0 Å². The van der Waals surface area contributed by atoms with Gasteiger partial charge in [0.05, 0.1) is 11.9 Å². The van der Waals surface area contributed by atoms with E-state index in [1.54, 1.807) is 6.92 Å². The highest BCUT2D eigenvalue weighted by molar-refractivity contribution is 7.91. The smallest absolute Gasteiger partial charge is 0.154 e. The minimum absolute atomic E-state index is 0.406. The Hall–Kier alpha value is -0.130. The molecular weight excluding hydrogens is 154 g/mol. The zero-order valence-electron chi connectivity index (χ0n) is 6.11. The highest BCUT2D eigenvalue weighted by Gasteiger charge is 2.23. The van der Waals surface area contributed by atoms with Crippen LogP contribution in [0.2, 0.25) is 0 Å². The maximum atomic E-state index is 10.8. The third-order valence-corrected chi connectivity index (χ3v) is 2.99. The number of aliphatic hydroxyl groups is 1. The highest BCUT2D eigenvalue weighted by atomic mass is 32.2. The van der Waals surface area contributed by atoms with Crippen molar-refractivity contribution in [2.24, 2.45) is 5.73 Å². The van der Waals surface area contributed by atoms with Gasteiger partial charge in [-0.2, -0.15) is 0 Å². The summed E-state index contributed by atoms with van der Waals surface area (Å²) in [5, 5.41) is 7.75. The summed E-state index contributed by atoms with van der Waals surface area (Å²) >= 11 is 0. The molecule has 0 aliphatic carbocycles. The van der Waals surface area contributed by atoms with Crippen LogP contribution in [-0.2, 0) is 9.84 Å². The zero-order chi connectivity index (χ0) is 8.36. The first kappa shape index (κ1) is 9.87. The maximum Gasteiger partial charge on any atom is 0.154 e. The molecular formula is C5H13NO3S. The first-order valence-electron chi connectivity index (χ1n) is 2.95. The molecule has 0 aliphatic heterocycles. The molecule has 5 heteroatoms. The second-order valence-corrected chi connectivity index (χ2v) is 4.67. The lowest BCUT2D eigenvalue weighted by Crippen LogP contribution is -2.40. The average Bonchev–Trinajstić information content (AvgIpc) is 1.60. The molecule has 0 radical (unpaired) electrons. The topological polar surface area (TPSA) is 80.4 Å². The van der Waals surface area contributed by atoms with E-state index in [1.165, 1.54) is 0 Å². The Morgan fingerprint density at radius 3 is 2.00 bits per heavy atom. The molecule has 0 bridgehead atoms. The molecule has 10 heavy (non-hydrogen) atoms. The molecule has 0 aliphatic rings. The first-order chi connectivity index (χ1) is 4.39. The Labute approximate surface area is 61.0 Å². The minimum atomic E-state index is -3.19. The van der Waals surface area contributed by atoms with Crippen molar-refractivity contribution < 1.29 is 13.5 Å². The van der Waals surface area contributed by atoms with Crippen LogP contribution in [0.5, 0.6) is 0 Å². The predicted molar refractivity (Wildman–Crippen MR) is 39.4 cm³/mol. The molecule has 3 N–H and O–H groups in total. The van der Waals surface area contributed by atoms with Crippen LogP contribution in [-0.4, -0.2) is 37.7 Å². The van der Waals surface area contributed by atoms with Gasteiger partial charge >= 0.3 is 0 Å². The molecule has 0 heterocycles. The van der Waals surface area contributed by atoms with Crippen molar-refractivity contribution in [3.05, 3.63) is 0 Å². The third-order valence-electron chi connectivity index (χ3n) is 1.32. The Bertz CT molecular complexity index is 185. The quantitative estimate of drug-likeness (QED) is 0.549. The van der Waals surface area contributed by atoms with E-state index in [2.05, 4.69) is 0 Å². The van der Waals surface area contributed by atoms with Gasteiger partial charge in [-0.25, -0.2) is 8.42 Å². The van der Waals surface area contributed by atoms with Gasteiger partial charge in [0.2, 0.25) is 0 Å². The third kappa shape index (κ3) is 2.64. The molecule has 0 aromatic carbocycles. The van der Waals surface area contributed by atoms with Gasteiger partial charge in [0.15, 0.2) is 9.84 Å². The number of sulfone groups is 1. The van der Waals surface area contributed by atoms with Crippen molar-refractivity contribution in [2.45, 2.75) is 18.2 Å². The van der Waals surface area contributed by atoms with Gasteiger partial charge in [-0.1, -0.05) is 0 Å². The molecule has 2 unspecified atom stereocenters. The average molecular weight is 167 g/mol. The largest absolute Gasteiger partial charge is 0.395 e. The molecule has 4 nitrogen and oxygen atoms in total. The van der Waals surface area contributed by atoms with Crippen LogP contribution in [0.1, 0.15) is 6.92 Å². The molecule has 0 aromatic rings. The number of rotatable bonds is 3. The van der Waals surface area contributed by atoms with Crippen LogP contribution in [0.15, 0.2) is 0 Å². The van der Waals surface area contributed by atoms with E-state index in [4.69, 9.17) is 10.8 Å². The summed E-state index contributed by atoms with van der Waals surface area (Å²) in [6.45, 7) is 1.15. The second kappa shape index (κ2) is 3.32. The normalized spacial score (nSPS) is 18.4. The van der Waals surface area contributed by atoms with Crippen LogP contribution >= 0.6 is 0 Å². The molecule has 0 fully saturated rings. The SMILES string of the molecule is CC(N)C(CO)S(C)(=O)=O. The van der Waals surface area contributed by atoms with Gasteiger partial charge < -0.3 is 10.8 Å². The molecule has 0 saturated heterocycles. The fourth-order valence-corrected chi connectivity index (χ4v) is 1.74. The molecule has 0 amide bonds. The van der Waals surface area contributed by atoms with Crippen molar-refractivity contribution in [1.29, 1.82) is 0 Å². The van der Waals surface area contributed by atoms with Crippen LogP contribution in [0.25, 0.3) is 0 Å². The van der Waals surface area contributed by atoms with Crippen LogP contribution in [0.4, 0.5) is 0 Å². The summed E-state index contributed by atoms with van der Waals surface area (Å²) in [4.78, 5) is 0. The van der Waals surface area contributed by atoms with E-state index in [0.717, 1.165) is 6.26 Å². The van der Waals surface area contributed by atoms with Crippen LogP contribution < -0.4 is 5.73 Å². The zero-order valence-corrected chi connectivity index (χ0v) is 6.93. The van der Waals surface area contributed by atoms with Gasteiger partial charge in [-0.05, 0) is 6.92 Å². The van der Waals surface area contributed by atoms with E-state index < -0.39 is 27.7 Å². The minimum Gasteiger partial charge on any atom is -0.395 e. The number of nitrogens with two attached hydrogens (primary N) is 1. The Kier molecular flexibility index (Phi) is 3.27. The fraction of sp³-hybridized carbons (Fsp3) is 1.00. The van der Waals surface area contributed by atoms with Gasteiger partial charge in [-0.3, -0.25) is 0 Å². The van der Waals surface area contributed by atoms with Crippen molar-refractivity contribution >= 4 is 9.84 Å². The van der Waals surface area contributed by atoms with Crippen molar-refractivity contribution in [2.75, 3.05) is 12.9 Å². The van der Waals surface area contributed by atoms with Crippen molar-refractivity contribution in [3.63, 3.8) is 0 Å². The van der Waals surface area contributed by atoms with Gasteiger partial charge in [0.25, 0.3) is 0 Å². The molecule has 0 rings (SSSR count). The Balaban J connectivity index is 4.38. The van der Waals surface area contributed by atoms with E-state index in [0.29, 0.717) is 0 Å². The summed E-state index contributed by atoms with van der Waals surface area (Å²) in [5.74, 6) is 0. The summed E-state index contributed by atoms with van der Waals surface area (Å²) in [7, 11) is -3.19. The summed E-state index contributed by atoms with van der Waals surface area (Å²) in [6.07, 6.45) is 1.07. The lowest BCUT2D eigenvalue weighted by molar-refractivity contribution is 0.280. The molecule has 62 valence electrons. The lowest BCUT2D eigenvalue weighted by Gasteiger charge is -2.14. The number of hydrogen-bond donors (Lipinski definition) is 2. The summed E-state index contributed by atoms with van der Waals surface area (Å²) < 4.78 is 21.5. The highest BCUT2D eigenvalue weighted by Crippen LogP contribution is 2.01. The fourth-order valence-electron chi connectivity index (χ4n) is 0.692. The van der Waals surface area contributed by atoms with Crippen LogP contribution in [0, 0.1) is 0 Å². The lowest BCUT2D eigenvalue weighted by atomic mass is 10.3. The second-order valence-electron chi connectivity index (χ2n) is 2.41. The molecule has 2 atom stereocenters.